The summed E-state index contributed by atoms with van der Waals surface area (Å²) in [7, 11) is 5.57. The fourth-order valence-corrected chi connectivity index (χ4v) is 4.43. The summed E-state index contributed by atoms with van der Waals surface area (Å²) in [5, 5.41) is 0. The van der Waals surface area contributed by atoms with E-state index in [2.05, 4.69) is 35.0 Å². The van der Waals surface area contributed by atoms with Gasteiger partial charge in [0.2, 0.25) is 0 Å². The number of nitrogens with zero attached hydrogens (tertiary/aromatic N) is 2. The van der Waals surface area contributed by atoms with Crippen molar-refractivity contribution in [2.75, 3.05) is 31.0 Å². The largest absolute Gasteiger partial charge is 0.494 e. The van der Waals surface area contributed by atoms with E-state index in [0.29, 0.717) is 0 Å². The third-order valence-electron chi connectivity index (χ3n) is 6.15. The highest BCUT2D eigenvalue weighted by molar-refractivity contribution is 5.97. The van der Waals surface area contributed by atoms with Crippen molar-refractivity contribution in [3.63, 3.8) is 0 Å². The molecule has 33 heavy (non-hydrogen) atoms. The Morgan fingerprint density at radius 2 is 1.52 bits per heavy atom. The minimum absolute atomic E-state index is 0.252. The van der Waals surface area contributed by atoms with Crippen molar-refractivity contribution < 1.29 is 13.9 Å². The Hall–Kier alpha value is -3.99. The predicted octanol–water partition coefficient (Wildman–Crippen LogP) is 7.45. The second kappa shape index (κ2) is 8.17. The van der Waals surface area contributed by atoms with Gasteiger partial charge in [0.15, 0.2) is 17.3 Å². The van der Waals surface area contributed by atoms with Gasteiger partial charge >= 0.3 is 0 Å². The number of hydrogen-bond acceptors (Lipinski definition) is 4. The number of methoxy groups -OCH3 is 1. The molecule has 0 spiro atoms. The number of ether oxygens (including phenoxy) is 2. The molecule has 0 fully saturated rings. The van der Waals surface area contributed by atoms with Crippen LogP contribution in [-0.2, 0) is 0 Å². The van der Waals surface area contributed by atoms with E-state index in [1.54, 1.807) is 12.1 Å². The predicted molar refractivity (Wildman–Crippen MR) is 132 cm³/mol. The lowest BCUT2D eigenvalue weighted by atomic mass is 9.97. The van der Waals surface area contributed by atoms with Crippen LogP contribution in [0.2, 0.25) is 0 Å². The van der Waals surface area contributed by atoms with Crippen molar-refractivity contribution in [1.29, 1.82) is 0 Å². The van der Waals surface area contributed by atoms with Crippen LogP contribution < -0.4 is 19.3 Å². The van der Waals surface area contributed by atoms with Crippen LogP contribution in [0.3, 0.4) is 0 Å². The molecule has 0 atom stereocenters. The standard InChI is InChI=1S/C28H25FN2O2/c1-18-15-27(32-4)22(29)17-21(18)19-13-14-23-25(16-19)31(3)28-24(30(23)2)11-8-12-26(28)33-20-9-6-5-7-10-20/h5-17H,1-4H3. The van der Waals surface area contributed by atoms with Gasteiger partial charge in [-0.1, -0.05) is 30.3 Å². The first-order valence-electron chi connectivity index (χ1n) is 10.8. The average molecular weight is 441 g/mol. The summed E-state index contributed by atoms with van der Waals surface area (Å²) in [6, 6.07) is 25.3. The van der Waals surface area contributed by atoms with Crippen molar-refractivity contribution in [3.8, 4) is 28.4 Å². The summed E-state index contributed by atoms with van der Waals surface area (Å²) in [5.41, 5.74) is 6.85. The molecule has 4 aromatic carbocycles. The maximum absolute atomic E-state index is 14.5. The van der Waals surface area contributed by atoms with Crippen molar-refractivity contribution in [3.05, 3.63) is 90.2 Å². The van der Waals surface area contributed by atoms with Gasteiger partial charge in [-0.25, -0.2) is 4.39 Å². The molecule has 0 saturated heterocycles. The Morgan fingerprint density at radius 3 is 2.27 bits per heavy atom. The lowest BCUT2D eigenvalue weighted by molar-refractivity contribution is 0.386. The quantitative estimate of drug-likeness (QED) is 0.329. The van der Waals surface area contributed by atoms with Gasteiger partial charge in [-0.05, 0) is 72.1 Å². The summed E-state index contributed by atoms with van der Waals surface area (Å²) in [5.74, 6) is 1.44. The number of aryl methyl sites for hydroxylation is 1. The minimum Gasteiger partial charge on any atom is -0.494 e. The second-order valence-electron chi connectivity index (χ2n) is 8.16. The zero-order valence-electron chi connectivity index (χ0n) is 19.1. The monoisotopic (exact) mass is 440 g/mol. The normalized spacial score (nSPS) is 12.3. The van der Waals surface area contributed by atoms with E-state index in [-0.39, 0.29) is 11.6 Å². The van der Waals surface area contributed by atoms with E-state index in [9.17, 15) is 4.39 Å². The molecule has 0 unspecified atom stereocenters. The van der Waals surface area contributed by atoms with Gasteiger partial charge in [0.05, 0.1) is 24.2 Å². The van der Waals surface area contributed by atoms with Crippen molar-refractivity contribution in [2.45, 2.75) is 6.92 Å². The van der Waals surface area contributed by atoms with Gasteiger partial charge < -0.3 is 19.3 Å². The summed E-state index contributed by atoms with van der Waals surface area (Å²) in [6.07, 6.45) is 0. The van der Waals surface area contributed by atoms with E-state index in [4.69, 9.17) is 9.47 Å². The van der Waals surface area contributed by atoms with Gasteiger partial charge in [0.1, 0.15) is 11.4 Å². The third-order valence-corrected chi connectivity index (χ3v) is 6.15. The molecule has 1 heterocycles. The number of rotatable bonds is 4. The Labute approximate surface area is 193 Å². The molecule has 166 valence electrons. The Balaban J connectivity index is 1.60. The molecule has 0 aromatic heterocycles. The number of fused-ring (bicyclic) bond motifs is 2. The maximum Gasteiger partial charge on any atom is 0.165 e. The minimum atomic E-state index is -0.370. The van der Waals surface area contributed by atoms with E-state index in [1.807, 2.05) is 62.5 Å². The maximum atomic E-state index is 14.5. The van der Waals surface area contributed by atoms with E-state index >= 15 is 0 Å². The van der Waals surface area contributed by atoms with Crippen LogP contribution in [0.4, 0.5) is 27.1 Å². The van der Waals surface area contributed by atoms with Gasteiger partial charge in [-0.15, -0.1) is 0 Å². The van der Waals surface area contributed by atoms with Crippen LogP contribution in [0.25, 0.3) is 11.1 Å². The highest BCUT2D eigenvalue weighted by Crippen LogP contribution is 2.52. The number of hydrogen-bond donors (Lipinski definition) is 0. The fraction of sp³-hybridized carbons (Fsp3) is 0.143. The molecule has 0 N–H and O–H groups in total. The van der Waals surface area contributed by atoms with Crippen molar-refractivity contribution >= 4 is 22.7 Å². The van der Waals surface area contributed by atoms with Crippen LogP contribution in [0.15, 0.2) is 78.9 Å². The zero-order chi connectivity index (χ0) is 23.1. The highest BCUT2D eigenvalue weighted by atomic mass is 19.1. The third kappa shape index (κ3) is 3.55. The lowest BCUT2D eigenvalue weighted by Gasteiger charge is -2.37. The summed E-state index contributed by atoms with van der Waals surface area (Å²) in [4.78, 5) is 4.30. The smallest absolute Gasteiger partial charge is 0.165 e. The number of anilines is 4. The molecule has 1 aliphatic heterocycles. The molecule has 4 nitrogen and oxygen atoms in total. The highest BCUT2D eigenvalue weighted by Gasteiger charge is 2.28. The molecule has 0 saturated carbocycles. The Morgan fingerprint density at radius 1 is 0.727 bits per heavy atom. The molecule has 0 amide bonds. The molecule has 1 aliphatic rings. The molecular formula is C28H25FN2O2. The van der Waals surface area contributed by atoms with Crippen LogP contribution in [0, 0.1) is 12.7 Å². The SMILES string of the molecule is COc1cc(C)c(-c2ccc3c(c2)N(C)c2c(Oc4ccccc4)cccc2N3C)cc1F. The zero-order valence-corrected chi connectivity index (χ0v) is 19.1. The first kappa shape index (κ1) is 20.9. The summed E-state index contributed by atoms with van der Waals surface area (Å²) < 4.78 is 25.9. The summed E-state index contributed by atoms with van der Waals surface area (Å²) >= 11 is 0. The topological polar surface area (TPSA) is 24.9 Å². The molecular weight excluding hydrogens is 415 g/mol. The Kier molecular flexibility index (Phi) is 5.17. The van der Waals surface area contributed by atoms with E-state index < -0.39 is 0 Å². The average Bonchev–Trinajstić information content (AvgIpc) is 2.84. The van der Waals surface area contributed by atoms with Crippen LogP contribution in [-0.4, -0.2) is 21.2 Å². The number of benzene rings is 4. The van der Waals surface area contributed by atoms with Crippen molar-refractivity contribution in [1.82, 2.24) is 0 Å². The second-order valence-corrected chi connectivity index (χ2v) is 8.16. The lowest BCUT2D eigenvalue weighted by Crippen LogP contribution is -2.24. The molecule has 0 aliphatic carbocycles. The van der Waals surface area contributed by atoms with E-state index in [1.165, 1.54) is 7.11 Å². The number of halogens is 1. The Bertz CT molecular complexity index is 1340. The van der Waals surface area contributed by atoms with Crippen LogP contribution in [0.5, 0.6) is 17.2 Å². The summed E-state index contributed by atoms with van der Waals surface area (Å²) in [6.45, 7) is 1.97. The molecule has 4 aromatic rings. The van der Waals surface area contributed by atoms with Gasteiger partial charge in [0.25, 0.3) is 0 Å². The molecule has 0 radical (unpaired) electrons. The molecule has 5 heteroatoms. The fourth-order valence-electron chi connectivity index (χ4n) is 4.43. The first-order chi connectivity index (χ1) is 16.0. The van der Waals surface area contributed by atoms with E-state index in [0.717, 1.165) is 50.9 Å². The van der Waals surface area contributed by atoms with Gasteiger partial charge in [-0.2, -0.15) is 0 Å². The van der Waals surface area contributed by atoms with Crippen LogP contribution >= 0.6 is 0 Å². The molecule has 5 rings (SSSR count). The van der Waals surface area contributed by atoms with Crippen LogP contribution in [0.1, 0.15) is 5.56 Å². The van der Waals surface area contributed by atoms with Crippen molar-refractivity contribution in [2.24, 2.45) is 0 Å². The first-order valence-corrected chi connectivity index (χ1v) is 10.8. The van der Waals surface area contributed by atoms with Gasteiger partial charge in [-0.3, -0.25) is 0 Å². The molecule has 0 bridgehead atoms. The van der Waals surface area contributed by atoms with Gasteiger partial charge in [0, 0.05) is 14.1 Å². The number of para-hydroxylation sites is 2.